The molecule has 1 atom stereocenters. The van der Waals surface area contributed by atoms with Crippen molar-refractivity contribution in [1.29, 1.82) is 0 Å². The first kappa shape index (κ1) is 21.9. The standard InChI is InChI=1S/C30H28O4/c1-31-25-14-12-24-13-17-28(34-29(24)18-25)27-16-15-26(32-20-22-8-4-2-5-9-22)19-30(27)33-21-23-10-6-3-7-11-23/h2-12,14-16,18-19,28H,13,17,20-21H2,1H3. The first-order chi connectivity index (χ1) is 16.8. The van der Waals surface area contributed by atoms with Gasteiger partial charge >= 0.3 is 0 Å². The van der Waals surface area contributed by atoms with Crippen LogP contribution in [0, 0.1) is 0 Å². The van der Waals surface area contributed by atoms with Crippen molar-refractivity contribution in [3.05, 3.63) is 119 Å². The van der Waals surface area contributed by atoms with Gasteiger partial charge in [0.15, 0.2) is 0 Å². The Morgan fingerprint density at radius 1 is 0.735 bits per heavy atom. The fourth-order valence-corrected chi connectivity index (χ4v) is 4.17. The molecule has 0 bridgehead atoms. The second-order valence-corrected chi connectivity index (χ2v) is 8.37. The van der Waals surface area contributed by atoms with Crippen molar-refractivity contribution in [2.75, 3.05) is 7.11 Å². The van der Waals surface area contributed by atoms with Crippen molar-refractivity contribution in [3.63, 3.8) is 0 Å². The third-order valence-electron chi connectivity index (χ3n) is 6.04. The predicted octanol–water partition coefficient (Wildman–Crippen LogP) is 6.92. The van der Waals surface area contributed by atoms with Crippen LogP contribution in [-0.4, -0.2) is 7.11 Å². The van der Waals surface area contributed by atoms with Crippen LogP contribution in [0.3, 0.4) is 0 Å². The Morgan fingerprint density at radius 2 is 1.41 bits per heavy atom. The minimum absolute atomic E-state index is 0.103. The highest BCUT2D eigenvalue weighted by Crippen LogP contribution is 2.41. The molecule has 0 radical (unpaired) electrons. The lowest BCUT2D eigenvalue weighted by Gasteiger charge is -2.28. The van der Waals surface area contributed by atoms with Gasteiger partial charge in [0.1, 0.15) is 42.3 Å². The van der Waals surface area contributed by atoms with Crippen molar-refractivity contribution < 1.29 is 18.9 Å². The molecule has 4 aromatic rings. The molecule has 1 heterocycles. The van der Waals surface area contributed by atoms with E-state index < -0.39 is 0 Å². The van der Waals surface area contributed by atoms with Crippen molar-refractivity contribution in [2.24, 2.45) is 0 Å². The van der Waals surface area contributed by atoms with Crippen LogP contribution in [0.2, 0.25) is 0 Å². The van der Waals surface area contributed by atoms with E-state index in [9.17, 15) is 0 Å². The van der Waals surface area contributed by atoms with Gasteiger partial charge in [0.2, 0.25) is 0 Å². The van der Waals surface area contributed by atoms with Crippen molar-refractivity contribution in [2.45, 2.75) is 32.2 Å². The average Bonchev–Trinajstić information content (AvgIpc) is 2.91. The molecule has 0 aromatic heterocycles. The Balaban J connectivity index is 1.39. The highest BCUT2D eigenvalue weighted by molar-refractivity contribution is 5.46. The van der Waals surface area contributed by atoms with Crippen LogP contribution in [0.15, 0.2) is 97.1 Å². The molecular formula is C30H28O4. The fourth-order valence-electron chi connectivity index (χ4n) is 4.17. The molecule has 0 saturated carbocycles. The number of benzene rings is 4. The summed E-state index contributed by atoms with van der Waals surface area (Å²) >= 11 is 0. The molecular weight excluding hydrogens is 424 g/mol. The normalized spacial score (nSPS) is 14.6. The maximum atomic E-state index is 6.42. The van der Waals surface area contributed by atoms with Crippen LogP contribution < -0.4 is 18.9 Å². The molecule has 0 aliphatic carbocycles. The Labute approximate surface area is 200 Å². The summed E-state index contributed by atoms with van der Waals surface area (Å²) in [5.74, 6) is 3.22. The van der Waals surface area contributed by atoms with Gasteiger partial charge in [0.25, 0.3) is 0 Å². The van der Waals surface area contributed by atoms with Crippen LogP contribution in [0.25, 0.3) is 0 Å². The van der Waals surface area contributed by atoms with E-state index in [4.69, 9.17) is 18.9 Å². The van der Waals surface area contributed by atoms with Gasteiger partial charge in [-0.2, -0.15) is 0 Å². The van der Waals surface area contributed by atoms with Gasteiger partial charge in [-0.15, -0.1) is 0 Å². The Morgan fingerprint density at radius 3 is 2.12 bits per heavy atom. The van der Waals surface area contributed by atoms with Crippen molar-refractivity contribution in [3.8, 4) is 23.0 Å². The number of hydrogen-bond acceptors (Lipinski definition) is 4. The maximum Gasteiger partial charge on any atom is 0.130 e. The zero-order valence-corrected chi connectivity index (χ0v) is 19.3. The third kappa shape index (κ3) is 5.18. The summed E-state index contributed by atoms with van der Waals surface area (Å²) in [6.45, 7) is 0.985. The van der Waals surface area contributed by atoms with Gasteiger partial charge in [-0.05, 0) is 47.7 Å². The smallest absolute Gasteiger partial charge is 0.130 e. The lowest BCUT2D eigenvalue weighted by atomic mass is 9.96. The lowest BCUT2D eigenvalue weighted by Crippen LogP contribution is -2.16. The van der Waals surface area contributed by atoms with E-state index in [1.165, 1.54) is 5.56 Å². The monoisotopic (exact) mass is 452 g/mol. The molecule has 4 nitrogen and oxygen atoms in total. The molecule has 34 heavy (non-hydrogen) atoms. The van der Waals surface area contributed by atoms with Gasteiger partial charge in [0, 0.05) is 17.7 Å². The molecule has 0 spiro atoms. The van der Waals surface area contributed by atoms with E-state index in [1.807, 2.05) is 60.7 Å². The molecule has 0 N–H and O–H groups in total. The van der Waals surface area contributed by atoms with Gasteiger partial charge in [-0.1, -0.05) is 66.7 Å². The average molecular weight is 453 g/mol. The minimum atomic E-state index is -0.103. The Kier molecular flexibility index (Phi) is 6.66. The third-order valence-corrected chi connectivity index (χ3v) is 6.04. The number of rotatable bonds is 8. The van der Waals surface area contributed by atoms with Crippen LogP contribution in [0.4, 0.5) is 0 Å². The van der Waals surface area contributed by atoms with Gasteiger partial charge < -0.3 is 18.9 Å². The molecule has 0 fully saturated rings. The molecule has 1 unspecified atom stereocenters. The van der Waals surface area contributed by atoms with Crippen molar-refractivity contribution in [1.82, 2.24) is 0 Å². The lowest BCUT2D eigenvalue weighted by molar-refractivity contribution is 0.168. The van der Waals surface area contributed by atoms with Gasteiger partial charge in [-0.25, -0.2) is 0 Å². The summed E-state index contributed by atoms with van der Waals surface area (Å²) in [7, 11) is 1.67. The number of ether oxygens (including phenoxy) is 4. The zero-order chi connectivity index (χ0) is 23.2. The topological polar surface area (TPSA) is 36.9 Å². The molecule has 0 amide bonds. The minimum Gasteiger partial charge on any atom is -0.497 e. The molecule has 1 aliphatic heterocycles. The van der Waals surface area contributed by atoms with E-state index >= 15 is 0 Å². The Bertz CT molecular complexity index is 1220. The van der Waals surface area contributed by atoms with E-state index in [0.717, 1.165) is 52.5 Å². The number of methoxy groups -OCH3 is 1. The Hall–Kier alpha value is -3.92. The summed E-state index contributed by atoms with van der Waals surface area (Å²) in [5, 5.41) is 0. The first-order valence-electron chi connectivity index (χ1n) is 11.6. The second-order valence-electron chi connectivity index (χ2n) is 8.37. The SMILES string of the molecule is COc1ccc2c(c1)OC(c1ccc(OCc3ccccc3)cc1OCc1ccccc1)CC2. The van der Waals surface area contributed by atoms with E-state index in [0.29, 0.717) is 13.2 Å². The number of fused-ring (bicyclic) bond motifs is 1. The van der Waals surface area contributed by atoms with Crippen molar-refractivity contribution >= 4 is 0 Å². The summed E-state index contributed by atoms with van der Waals surface area (Å²) in [6.07, 6.45) is 1.72. The summed E-state index contributed by atoms with van der Waals surface area (Å²) in [4.78, 5) is 0. The predicted molar refractivity (Wildman–Crippen MR) is 133 cm³/mol. The fraction of sp³-hybridized carbons (Fsp3) is 0.200. The molecule has 172 valence electrons. The van der Waals surface area contributed by atoms with E-state index in [-0.39, 0.29) is 6.10 Å². The first-order valence-corrected chi connectivity index (χ1v) is 11.6. The highest BCUT2D eigenvalue weighted by atomic mass is 16.5. The maximum absolute atomic E-state index is 6.42. The molecule has 5 rings (SSSR count). The van der Waals surface area contributed by atoms with Crippen LogP contribution >= 0.6 is 0 Å². The summed E-state index contributed by atoms with van der Waals surface area (Å²) in [6, 6.07) is 32.4. The number of aryl methyl sites for hydroxylation is 1. The van der Waals surface area contributed by atoms with E-state index in [2.05, 4.69) is 36.4 Å². The highest BCUT2D eigenvalue weighted by Gasteiger charge is 2.25. The second kappa shape index (κ2) is 10.3. The molecule has 1 aliphatic rings. The molecule has 4 aromatic carbocycles. The van der Waals surface area contributed by atoms with Crippen LogP contribution in [0.1, 0.15) is 34.8 Å². The van der Waals surface area contributed by atoms with Gasteiger partial charge in [0.05, 0.1) is 7.11 Å². The molecule has 0 saturated heterocycles. The summed E-state index contributed by atoms with van der Waals surface area (Å²) in [5.41, 5.74) is 4.46. The summed E-state index contributed by atoms with van der Waals surface area (Å²) < 4.78 is 24.2. The largest absolute Gasteiger partial charge is 0.497 e. The van der Waals surface area contributed by atoms with E-state index in [1.54, 1.807) is 7.11 Å². The quantitative estimate of drug-likeness (QED) is 0.291. The van der Waals surface area contributed by atoms with Crippen LogP contribution in [0.5, 0.6) is 23.0 Å². The van der Waals surface area contributed by atoms with Crippen LogP contribution in [-0.2, 0) is 19.6 Å². The van der Waals surface area contributed by atoms with Gasteiger partial charge in [-0.3, -0.25) is 0 Å². The zero-order valence-electron chi connectivity index (χ0n) is 19.3. The molecule has 4 heteroatoms. The number of hydrogen-bond donors (Lipinski definition) is 0.